The zero-order valence-electron chi connectivity index (χ0n) is 29.6. The summed E-state index contributed by atoms with van der Waals surface area (Å²) in [5, 5.41) is 9.95. The van der Waals surface area contributed by atoms with Crippen LogP contribution in [-0.2, 0) is 0 Å². The van der Waals surface area contributed by atoms with E-state index in [0.29, 0.717) is 17.5 Å². The van der Waals surface area contributed by atoms with E-state index in [1.54, 1.807) is 0 Å². The van der Waals surface area contributed by atoms with E-state index in [2.05, 4.69) is 182 Å². The first kappa shape index (κ1) is 31.5. The Morgan fingerprint density at radius 2 is 0.745 bits per heavy atom. The number of fused-ring (bicyclic) bond motifs is 9. The highest BCUT2D eigenvalue weighted by atomic mass is 32.1. The van der Waals surface area contributed by atoms with Gasteiger partial charge in [-0.1, -0.05) is 170 Å². The molecule has 4 heteroatoms. The van der Waals surface area contributed by atoms with Crippen molar-refractivity contribution in [2.24, 2.45) is 0 Å². The fourth-order valence-corrected chi connectivity index (χ4v) is 9.29. The molecule has 0 atom stereocenters. The molecule has 0 saturated carbocycles. The number of hydrogen-bond acceptors (Lipinski definition) is 4. The lowest BCUT2D eigenvalue weighted by Crippen LogP contribution is -2.00. The monoisotopic (exact) mass is 717 g/mol. The van der Waals surface area contributed by atoms with Crippen molar-refractivity contribution >= 4 is 63.8 Å². The molecule has 0 N–H and O–H groups in total. The Bertz CT molecular complexity index is 3220. The van der Waals surface area contributed by atoms with Gasteiger partial charge in [-0.3, -0.25) is 0 Å². The van der Waals surface area contributed by atoms with Gasteiger partial charge in [0.1, 0.15) is 0 Å². The third kappa shape index (κ3) is 5.38. The fraction of sp³-hybridized carbons (Fsp3) is 0. The summed E-state index contributed by atoms with van der Waals surface area (Å²) < 4.78 is 2.61. The average Bonchev–Trinajstić information content (AvgIpc) is 3.66. The molecule has 0 aliphatic rings. The molecule has 9 aromatic carbocycles. The molecule has 2 aromatic heterocycles. The molecule has 2 heterocycles. The third-order valence-electron chi connectivity index (χ3n) is 10.7. The molecule has 11 aromatic rings. The van der Waals surface area contributed by atoms with Crippen LogP contribution in [0.25, 0.3) is 109 Å². The second-order valence-corrected chi connectivity index (χ2v) is 15.0. The predicted molar refractivity (Wildman–Crippen MR) is 232 cm³/mol. The van der Waals surface area contributed by atoms with Crippen LogP contribution in [0.5, 0.6) is 0 Å². The Balaban J connectivity index is 1.08. The van der Waals surface area contributed by atoms with Crippen molar-refractivity contribution in [1.29, 1.82) is 0 Å². The number of hydrogen-bond donors (Lipinski definition) is 0. The van der Waals surface area contributed by atoms with E-state index in [1.807, 2.05) is 17.4 Å². The van der Waals surface area contributed by atoms with Gasteiger partial charge in [0, 0.05) is 36.9 Å². The molecule has 0 unspecified atom stereocenters. The molecule has 0 saturated heterocycles. The van der Waals surface area contributed by atoms with Gasteiger partial charge in [-0.05, 0) is 72.8 Å². The van der Waals surface area contributed by atoms with Gasteiger partial charge in [-0.2, -0.15) is 0 Å². The van der Waals surface area contributed by atoms with Gasteiger partial charge in [0.05, 0.1) is 0 Å². The second kappa shape index (κ2) is 12.8. The molecule has 0 aliphatic heterocycles. The topological polar surface area (TPSA) is 38.7 Å². The largest absolute Gasteiger partial charge is 0.208 e. The maximum Gasteiger partial charge on any atom is 0.164 e. The molecule has 0 radical (unpaired) electrons. The Morgan fingerprint density at radius 1 is 0.273 bits per heavy atom. The van der Waals surface area contributed by atoms with Crippen molar-refractivity contribution in [3.63, 3.8) is 0 Å². The normalized spacial score (nSPS) is 11.6. The summed E-state index contributed by atoms with van der Waals surface area (Å²) >= 11 is 1.85. The van der Waals surface area contributed by atoms with Crippen molar-refractivity contribution in [2.45, 2.75) is 0 Å². The minimum Gasteiger partial charge on any atom is -0.208 e. The highest BCUT2D eigenvalue weighted by molar-refractivity contribution is 7.26. The van der Waals surface area contributed by atoms with Gasteiger partial charge in [0.15, 0.2) is 17.5 Å². The van der Waals surface area contributed by atoms with Crippen LogP contribution in [0.15, 0.2) is 188 Å². The Kier molecular flexibility index (Phi) is 7.35. The molecule has 11 rings (SSSR count). The van der Waals surface area contributed by atoms with Crippen LogP contribution in [0.1, 0.15) is 0 Å². The van der Waals surface area contributed by atoms with E-state index in [4.69, 9.17) is 15.0 Å². The minimum atomic E-state index is 0.639. The fourth-order valence-electron chi connectivity index (χ4n) is 8.05. The Labute approximate surface area is 321 Å². The lowest BCUT2D eigenvalue weighted by molar-refractivity contribution is 1.07. The van der Waals surface area contributed by atoms with Crippen LogP contribution < -0.4 is 0 Å². The molecule has 0 aliphatic carbocycles. The zero-order chi connectivity index (χ0) is 36.3. The second-order valence-electron chi connectivity index (χ2n) is 14.0. The number of rotatable bonds is 5. The van der Waals surface area contributed by atoms with Crippen molar-refractivity contribution < 1.29 is 0 Å². The predicted octanol–water partition coefficient (Wildman–Crippen LogP) is 14.0. The van der Waals surface area contributed by atoms with Crippen molar-refractivity contribution in [2.75, 3.05) is 0 Å². The lowest BCUT2D eigenvalue weighted by Gasteiger charge is -2.13. The van der Waals surface area contributed by atoms with Crippen molar-refractivity contribution in [3.8, 4) is 56.4 Å². The Hall–Kier alpha value is -7.01. The number of thiophene rings is 1. The number of aromatic nitrogens is 3. The summed E-state index contributed by atoms with van der Waals surface area (Å²) in [6.45, 7) is 0. The first-order valence-electron chi connectivity index (χ1n) is 18.5. The maximum atomic E-state index is 5.19. The zero-order valence-corrected chi connectivity index (χ0v) is 30.5. The van der Waals surface area contributed by atoms with E-state index >= 15 is 0 Å². The van der Waals surface area contributed by atoms with Crippen LogP contribution in [-0.4, -0.2) is 15.0 Å². The first-order chi connectivity index (χ1) is 27.2. The van der Waals surface area contributed by atoms with E-state index in [1.165, 1.54) is 63.6 Å². The molecule has 3 nitrogen and oxygen atoms in total. The summed E-state index contributed by atoms with van der Waals surface area (Å²) in [5.74, 6) is 1.92. The third-order valence-corrected chi connectivity index (χ3v) is 11.9. The summed E-state index contributed by atoms with van der Waals surface area (Å²) in [4.78, 5) is 15.5. The van der Waals surface area contributed by atoms with E-state index in [9.17, 15) is 0 Å². The molecular weight excluding hydrogens is 687 g/mol. The van der Waals surface area contributed by atoms with Crippen molar-refractivity contribution in [1.82, 2.24) is 15.0 Å². The highest BCUT2D eigenvalue weighted by Crippen LogP contribution is 2.41. The molecule has 55 heavy (non-hydrogen) atoms. The molecule has 0 spiro atoms. The van der Waals surface area contributed by atoms with Crippen LogP contribution in [0.2, 0.25) is 0 Å². The van der Waals surface area contributed by atoms with Crippen LogP contribution in [0.4, 0.5) is 0 Å². The van der Waals surface area contributed by atoms with Crippen LogP contribution in [0, 0.1) is 0 Å². The van der Waals surface area contributed by atoms with Gasteiger partial charge in [-0.25, -0.2) is 15.0 Å². The summed E-state index contributed by atoms with van der Waals surface area (Å²) in [6, 6.07) is 66.8. The quantitative estimate of drug-likeness (QED) is 0.166. The number of benzene rings is 9. The summed E-state index contributed by atoms with van der Waals surface area (Å²) in [7, 11) is 0. The number of nitrogens with zero attached hydrogens (tertiary/aromatic N) is 3. The van der Waals surface area contributed by atoms with Gasteiger partial charge in [0.25, 0.3) is 0 Å². The molecular formula is C51H31N3S. The average molecular weight is 718 g/mol. The first-order valence-corrected chi connectivity index (χ1v) is 19.3. The van der Waals surface area contributed by atoms with E-state index in [0.717, 1.165) is 27.8 Å². The SMILES string of the molecule is c1ccc(-c2cccc(-c3nc(-c4ccc(-c5cccc6c5sc5ccccc56)cc4)nc(-c4ccc5c6ccccc6c6ccccc6c5c4)n3)c2)cc1. The smallest absolute Gasteiger partial charge is 0.164 e. The molecule has 256 valence electrons. The minimum absolute atomic E-state index is 0.639. The molecule has 0 amide bonds. The molecule has 0 fully saturated rings. The standard InChI is InChI=1S/C51H31N3S/c1-2-12-32(13-3-1)35-14-10-15-36(30-35)50-52-49(34-26-24-33(25-27-34)38-21-11-22-45-44-20-8-9-23-47(44)55-48(38)45)53-51(54-50)37-28-29-43-41-18-5-4-16-39(41)40-17-6-7-19-42(40)46(43)31-37/h1-31H. The van der Waals surface area contributed by atoms with Gasteiger partial charge in [-0.15, -0.1) is 11.3 Å². The van der Waals surface area contributed by atoms with Gasteiger partial charge < -0.3 is 0 Å². The summed E-state index contributed by atoms with van der Waals surface area (Å²) in [6.07, 6.45) is 0. The molecule has 0 bridgehead atoms. The summed E-state index contributed by atoms with van der Waals surface area (Å²) in [5.41, 5.74) is 7.49. The van der Waals surface area contributed by atoms with Crippen LogP contribution in [0.3, 0.4) is 0 Å². The lowest BCUT2D eigenvalue weighted by atomic mass is 9.93. The van der Waals surface area contributed by atoms with Crippen LogP contribution >= 0.6 is 11.3 Å². The maximum absolute atomic E-state index is 5.19. The van der Waals surface area contributed by atoms with E-state index in [-0.39, 0.29) is 0 Å². The van der Waals surface area contributed by atoms with Gasteiger partial charge in [0.2, 0.25) is 0 Å². The Morgan fingerprint density at radius 3 is 1.45 bits per heavy atom. The van der Waals surface area contributed by atoms with Crippen molar-refractivity contribution in [3.05, 3.63) is 188 Å². The van der Waals surface area contributed by atoms with E-state index < -0.39 is 0 Å². The highest BCUT2D eigenvalue weighted by Gasteiger charge is 2.16. The van der Waals surface area contributed by atoms with Gasteiger partial charge >= 0.3 is 0 Å².